The molecule has 0 bridgehead atoms. The van der Waals surface area contributed by atoms with E-state index in [2.05, 4.69) is 41.3 Å². The van der Waals surface area contributed by atoms with Crippen LogP contribution >= 0.6 is 11.3 Å². The number of hydrogen-bond donors (Lipinski definition) is 0. The molecule has 3 aromatic rings. The molecule has 1 aliphatic carbocycles. The van der Waals surface area contributed by atoms with E-state index in [1.54, 1.807) is 11.3 Å². The quantitative estimate of drug-likeness (QED) is 0.590. The molecule has 6 heteroatoms. The molecule has 1 saturated heterocycles. The number of Topliss-reactive ketones (excluding diaryl/α,β-unsaturated/α-hetero) is 1. The molecule has 1 amide bonds. The molecule has 0 atom stereocenters. The number of hydrogen-bond acceptors (Lipinski definition) is 5. The Morgan fingerprint density at radius 1 is 0.906 bits per heavy atom. The van der Waals surface area contributed by atoms with Crippen molar-refractivity contribution in [3.8, 4) is 11.1 Å². The fraction of sp³-hybridized carbons (Fsp3) is 0.346. The number of piperazine rings is 1. The lowest BCUT2D eigenvalue weighted by atomic mass is 10.0. The molecule has 0 unspecified atom stereocenters. The summed E-state index contributed by atoms with van der Waals surface area (Å²) in [6, 6.07) is 18.6. The van der Waals surface area contributed by atoms with E-state index in [0.29, 0.717) is 12.8 Å². The average Bonchev–Trinajstić information content (AvgIpc) is 3.24. The van der Waals surface area contributed by atoms with E-state index in [1.807, 2.05) is 23.1 Å². The smallest absolute Gasteiger partial charge is 0.227 e. The first-order valence-electron chi connectivity index (χ1n) is 11.3. The van der Waals surface area contributed by atoms with Crippen LogP contribution in [-0.2, 0) is 24.2 Å². The molecule has 2 heterocycles. The van der Waals surface area contributed by atoms with Crippen molar-refractivity contribution in [2.24, 2.45) is 0 Å². The predicted molar refractivity (Wildman–Crippen MR) is 127 cm³/mol. The minimum atomic E-state index is 0.187. The van der Waals surface area contributed by atoms with Crippen LogP contribution in [0.3, 0.4) is 0 Å². The monoisotopic (exact) mass is 445 g/mol. The van der Waals surface area contributed by atoms with Gasteiger partial charge in [0.15, 0.2) is 5.78 Å². The number of aromatic nitrogens is 1. The Hall–Kier alpha value is -2.83. The maximum atomic E-state index is 12.8. The van der Waals surface area contributed by atoms with E-state index in [0.717, 1.165) is 66.7 Å². The van der Waals surface area contributed by atoms with E-state index < -0.39 is 0 Å². The molecule has 0 spiro atoms. The van der Waals surface area contributed by atoms with Gasteiger partial charge >= 0.3 is 0 Å². The zero-order valence-electron chi connectivity index (χ0n) is 18.1. The van der Waals surface area contributed by atoms with Crippen LogP contribution in [0.2, 0.25) is 0 Å². The number of amides is 1. The van der Waals surface area contributed by atoms with Crippen molar-refractivity contribution in [1.82, 2.24) is 14.8 Å². The van der Waals surface area contributed by atoms with Crippen molar-refractivity contribution in [2.45, 2.75) is 32.2 Å². The molecule has 1 fully saturated rings. The maximum Gasteiger partial charge on any atom is 0.227 e. The normalized spacial score (nSPS) is 16.8. The number of fused-ring (bicyclic) bond motifs is 1. The Morgan fingerprint density at radius 2 is 1.62 bits per heavy atom. The summed E-state index contributed by atoms with van der Waals surface area (Å²) in [6.07, 6.45) is 2.94. The second-order valence-electron chi connectivity index (χ2n) is 8.56. The third-order valence-corrected chi connectivity index (χ3v) is 7.44. The van der Waals surface area contributed by atoms with Crippen molar-refractivity contribution in [2.75, 3.05) is 26.2 Å². The lowest BCUT2D eigenvalue weighted by molar-refractivity contribution is -0.132. The van der Waals surface area contributed by atoms with Gasteiger partial charge in [-0.25, -0.2) is 4.98 Å². The zero-order chi connectivity index (χ0) is 21.9. The van der Waals surface area contributed by atoms with Gasteiger partial charge in [0.25, 0.3) is 0 Å². The molecule has 1 aromatic heterocycles. The number of nitrogens with zero attached hydrogens (tertiary/aromatic N) is 3. The summed E-state index contributed by atoms with van der Waals surface area (Å²) < 4.78 is 0. The average molecular weight is 446 g/mol. The summed E-state index contributed by atoms with van der Waals surface area (Å²) in [5.41, 5.74) is 4.40. The minimum Gasteiger partial charge on any atom is -0.340 e. The number of ketones is 1. The summed E-state index contributed by atoms with van der Waals surface area (Å²) in [7, 11) is 0. The molecule has 2 aromatic carbocycles. The number of thiazole rings is 1. The SMILES string of the molecule is O=C1CCCc2nc(CN3CCN(C(=O)Cc4ccc(-c5ccccc5)cc4)CC3)sc21. The summed E-state index contributed by atoms with van der Waals surface area (Å²) in [4.78, 5) is 34.8. The van der Waals surface area contributed by atoms with Gasteiger partial charge in [-0.2, -0.15) is 0 Å². The van der Waals surface area contributed by atoms with Crippen molar-refractivity contribution < 1.29 is 9.59 Å². The van der Waals surface area contributed by atoms with Gasteiger partial charge in [0, 0.05) is 32.6 Å². The van der Waals surface area contributed by atoms with Crippen LogP contribution in [0.15, 0.2) is 54.6 Å². The fourth-order valence-electron chi connectivity index (χ4n) is 4.46. The molecule has 164 valence electrons. The number of rotatable bonds is 5. The first-order valence-corrected chi connectivity index (χ1v) is 12.1. The van der Waals surface area contributed by atoms with Crippen LogP contribution < -0.4 is 0 Å². The van der Waals surface area contributed by atoms with Crippen molar-refractivity contribution in [3.05, 3.63) is 75.7 Å². The first kappa shape index (κ1) is 21.0. The standard InChI is InChI=1S/C26H27N3O2S/c30-23-8-4-7-22-26(23)32-24(27-22)18-28-13-15-29(16-14-28)25(31)17-19-9-11-21(12-10-19)20-5-2-1-3-6-20/h1-3,5-6,9-12H,4,7-8,13-18H2. The molecular weight excluding hydrogens is 418 g/mol. The van der Waals surface area contributed by atoms with Gasteiger partial charge in [-0.1, -0.05) is 54.6 Å². The molecule has 0 N–H and O–H groups in total. The van der Waals surface area contributed by atoms with Crippen LogP contribution in [0, 0.1) is 0 Å². The van der Waals surface area contributed by atoms with E-state index in [9.17, 15) is 9.59 Å². The molecule has 2 aliphatic rings. The molecule has 5 nitrogen and oxygen atoms in total. The molecule has 5 rings (SSSR count). The summed E-state index contributed by atoms with van der Waals surface area (Å²) in [5, 5.41) is 1.03. The van der Waals surface area contributed by atoms with Crippen molar-refractivity contribution in [3.63, 3.8) is 0 Å². The fourth-order valence-corrected chi connectivity index (χ4v) is 5.58. The third kappa shape index (κ3) is 4.66. The van der Waals surface area contributed by atoms with Gasteiger partial charge in [-0.15, -0.1) is 11.3 Å². The number of aryl methyl sites for hydroxylation is 1. The third-order valence-electron chi connectivity index (χ3n) is 6.31. The maximum absolute atomic E-state index is 12.8. The number of carbonyl (C=O) groups is 2. The van der Waals surface area contributed by atoms with Crippen LogP contribution in [0.4, 0.5) is 0 Å². The summed E-state index contributed by atoms with van der Waals surface area (Å²) >= 11 is 1.56. The van der Waals surface area contributed by atoms with Gasteiger partial charge in [0.1, 0.15) is 5.01 Å². The minimum absolute atomic E-state index is 0.187. The Balaban J connectivity index is 1.13. The Labute approximate surface area is 192 Å². The topological polar surface area (TPSA) is 53.5 Å². The lowest BCUT2D eigenvalue weighted by Gasteiger charge is -2.34. The Kier molecular flexibility index (Phi) is 6.14. The second kappa shape index (κ2) is 9.35. The van der Waals surface area contributed by atoms with Crippen molar-refractivity contribution in [1.29, 1.82) is 0 Å². The molecule has 0 saturated carbocycles. The van der Waals surface area contributed by atoms with E-state index in [4.69, 9.17) is 4.98 Å². The van der Waals surface area contributed by atoms with Crippen molar-refractivity contribution >= 4 is 23.0 Å². The largest absolute Gasteiger partial charge is 0.340 e. The summed E-state index contributed by atoms with van der Waals surface area (Å²) in [6.45, 7) is 3.94. The van der Waals surface area contributed by atoms with Gasteiger partial charge < -0.3 is 4.90 Å². The molecular formula is C26H27N3O2S. The van der Waals surface area contributed by atoms with Gasteiger partial charge in [-0.05, 0) is 29.5 Å². The highest BCUT2D eigenvalue weighted by molar-refractivity contribution is 7.13. The highest BCUT2D eigenvalue weighted by Crippen LogP contribution is 2.27. The number of carbonyl (C=O) groups excluding carboxylic acids is 2. The van der Waals surface area contributed by atoms with Crippen LogP contribution in [-0.4, -0.2) is 52.7 Å². The summed E-state index contributed by atoms with van der Waals surface area (Å²) in [5.74, 6) is 0.439. The van der Waals surface area contributed by atoms with Crippen LogP contribution in [0.25, 0.3) is 11.1 Å². The first-order chi connectivity index (χ1) is 15.7. The van der Waals surface area contributed by atoms with Gasteiger partial charge in [0.05, 0.1) is 23.5 Å². The van der Waals surface area contributed by atoms with Crippen LogP contribution in [0.1, 0.15) is 38.8 Å². The number of benzene rings is 2. The zero-order valence-corrected chi connectivity index (χ0v) is 18.9. The molecule has 32 heavy (non-hydrogen) atoms. The van der Waals surface area contributed by atoms with E-state index in [-0.39, 0.29) is 11.7 Å². The van der Waals surface area contributed by atoms with Gasteiger partial charge in [-0.3, -0.25) is 14.5 Å². The highest BCUT2D eigenvalue weighted by Gasteiger charge is 2.25. The van der Waals surface area contributed by atoms with E-state index in [1.165, 1.54) is 11.1 Å². The Morgan fingerprint density at radius 3 is 2.34 bits per heavy atom. The molecule has 0 radical (unpaired) electrons. The predicted octanol–water partition coefficient (Wildman–Crippen LogP) is 4.22. The Bertz CT molecular complexity index is 1100. The lowest BCUT2D eigenvalue weighted by Crippen LogP contribution is -2.48. The molecule has 1 aliphatic heterocycles. The second-order valence-corrected chi connectivity index (χ2v) is 9.64. The van der Waals surface area contributed by atoms with Gasteiger partial charge in [0.2, 0.25) is 5.91 Å². The van der Waals surface area contributed by atoms with Crippen LogP contribution in [0.5, 0.6) is 0 Å². The highest BCUT2D eigenvalue weighted by atomic mass is 32.1. The van der Waals surface area contributed by atoms with E-state index >= 15 is 0 Å².